The van der Waals surface area contributed by atoms with Crippen LogP contribution in [0.2, 0.25) is 18.1 Å². The van der Waals surface area contributed by atoms with Gasteiger partial charge in [0, 0.05) is 5.57 Å². The number of amides is 1. The van der Waals surface area contributed by atoms with Gasteiger partial charge in [-0.05, 0) is 74.0 Å². The molecule has 1 aliphatic rings. The molecule has 1 aliphatic carbocycles. The minimum absolute atomic E-state index is 0.0474. The van der Waals surface area contributed by atoms with Crippen LogP contribution in [0.4, 0.5) is 18.9 Å². The SMILES string of the molecule is CC(C)(C)C(C)(C)O[C@@H]1CCC(C(=O)N(Cc2ccccc2)c2ccccc2OS(=O)(=O)C(F)(F)F)=C[C@H]1O[Si](C)(C)C(C)(C)C. The van der Waals surface area contributed by atoms with E-state index in [0.29, 0.717) is 24.0 Å². The van der Waals surface area contributed by atoms with Gasteiger partial charge in [-0.25, -0.2) is 0 Å². The number of para-hydroxylation sites is 2. The molecule has 12 heteroatoms. The summed E-state index contributed by atoms with van der Waals surface area (Å²) >= 11 is 0. The van der Waals surface area contributed by atoms with Crippen LogP contribution in [-0.2, 0) is 30.6 Å². The van der Waals surface area contributed by atoms with Gasteiger partial charge in [0.05, 0.1) is 30.0 Å². The number of alkyl halides is 3. The molecule has 0 saturated carbocycles. The van der Waals surface area contributed by atoms with Gasteiger partial charge in [-0.3, -0.25) is 4.79 Å². The molecular weight excluding hydrogens is 636 g/mol. The highest BCUT2D eigenvalue weighted by Gasteiger charge is 2.49. The van der Waals surface area contributed by atoms with Crippen molar-refractivity contribution in [2.45, 2.75) is 116 Å². The predicted octanol–water partition coefficient (Wildman–Crippen LogP) is 8.77. The van der Waals surface area contributed by atoms with Gasteiger partial charge in [0.25, 0.3) is 5.91 Å². The van der Waals surface area contributed by atoms with Crippen molar-refractivity contribution in [3.63, 3.8) is 0 Å². The van der Waals surface area contributed by atoms with Crippen molar-refractivity contribution in [3.8, 4) is 5.75 Å². The van der Waals surface area contributed by atoms with E-state index in [1.165, 1.54) is 23.1 Å². The molecule has 0 aliphatic heterocycles. The number of hydrogen-bond acceptors (Lipinski definition) is 6. The number of nitrogens with zero attached hydrogens (tertiary/aromatic N) is 1. The number of anilines is 1. The van der Waals surface area contributed by atoms with E-state index >= 15 is 0 Å². The predicted molar refractivity (Wildman–Crippen MR) is 177 cm³/mol. The minimum atomic E-state index is -5.99. The largest absolute Gasteiger partial charge is 0.534 e. The van der Waals surface area contributed by atoms with Crippen molar-refractivity contribution in [3.05, 3.63) is 71.8 Å². The molecule has 0 fully saturated rings. The molecule has 0 aromatic heterocycles. The van der Waals surface area contributed by atoms with Crippen LogP contribution < -0.4 is 9.08 Å². The lowest BCUT2D eigenvalue weighted by Gasteiger charge is -2.46. The molecule has 7 nitrogen and oxygen atoms in total. The number of benzene rings is 2. The highest BCUT2D eigenvalue weighted by atomic mass is 32.2. The Morgan fingerprint density at radius 2 is 1.48 bits per heavy atom. The Labute approximate surface area is 273 Å². The third-order valence-electron chi connectivity index (χ3n) is 9.26. The summed E-state index contributed by atoms with van der Waals surface area (Å²) in [6, 6.07) is 14.2. The van der Waals surface area contributed by atoms with Gasteiger partial charge in [-0.2, -0.15) is 21.6 Å². The zero-order valence-electron chi connectivity index (χ0n) is 28.5. The summed E-state index contributed by atoms with van der Waals surface area (Å²) in [5.41, 5.74) is -5.41. The quantitative estimate of drug-likeness (QED) is 0.142. The first kappa shape index (κ1) is 37.8. The van der Waals surface area contributed by atoms with Crippen molar-refractivity contribution in [2.75, 3.05) is 4.90 Å². The minimum Gasteiger partial charge on any atom is -0.408 e. The third-order valence-corrected chi connectivity index (χ3v) is 14.7. The number of hydrogen-bond donors (Lipinski definition) is 0. The van der Waals surface area contributed by atoms with Crippen LogP contribution in [0.15, 0.2) is 66.2 Å². The second-order valence-electron chi connectivity index (χ2n) is 14.8. The molecule has 0 radical (unpaired) electrons. The summed E-state index contributed by atoms with van der Waals surface area (Å²) in [5, 5.41) is -0.133. The summed E-state index contributed by atoms with van der Waals surface area (Å²) in [5.74, 6) is -1.11. The second kappa shape index (κ2) is 13.4. The summed E-state index contributed by atoms with van der Waals surface area (Å²) in [6.07, 6.45) is 1.65. The fourth-order valence-electron chi connectivity index (χ4n) is 4.46. The van der Waals surface area contributed by atoms with Gasteiger partial charge in [-0.1, -0.05) is 84.0 Å². The molecule has 1 amide bonds. The van der Waals surface area contributed by atoms with Crippen molar-refractivity contribution in [1.82, 2.24) is 0 Å². The van der Waals surface area contributed by atoms with Crippen molar-refractivity contribution < 1.29 is 39.7 Å². The molecule has 0 spiro atoms. The van der Waals surface area contributed by atoms with Crippen LogP contribution in [0.25, 0.3) is 0 Å². The van der Waals surface area contributed by atoms with Crippen LogP contribution in [0.1, 0.15) is 73.8 Å². The van der Waals surface area contributed by atoms with E-state index in [-0.39, 0.29) is 28.8 Å². The Hall–Kier alpha value is -2.67. The van der Waals surface area contributed by atoms with Crippen LogP contribution in [0, 0.1) is 5.41 Å². The Morgan fingerprint density at radius 1 is 0.913 bits per heavy atom. The van der Waals surface area contributed by atoms with E-state index in [0.717, 1.165) is 6.07 Å². The highest BCUT2D eigenvalue weighted by Crippen LogP contribution is 2.42. The third kappa shape index (κ3) is 8.81. The lowest BCUT2D eigenvalue weighted by molar-refractivity contribution is -0.156. The molecule has 256 valence electrons. The number of carbonyl (C=O) groups excluding carboxylic acids is 1. The van der Waals surface area contributed by atoms with Crippen LogP contribution >= 0.6 is 0 Å². The summed E-state index contributed by atoms with van der Waals surface area (Å²) < 4.78 is 82.1. The first-order valence-electron chi connectivity index (χ1n) is 15.4. The Bertz CT molecular complexity index is 1510. The first-order chi connectivity index (χ1) is 20.9. The summed E-state index contributed by atoms with van der Waals surface area (Å²) in [4.78, 5) is 15.7. The first-order valence-corrected chi connectivity index (χ1v) is 19.7. The van der Waals surface area contributed by atoms with E-state index in [2.05, 4.69) is 58.8 Å². The normalized spacial score (nSPS) is 18.6. The molecule has 0 N–H and O–H groups in total. The second-order valence-corrected chi connectivity index (χ2v) is 21.1. The molecule has 0 bridgehead atoms. The van der Waals surface area contributed by atoms with E-state index in [1.54, 1.807) is 36.4 Å². The van der Waals surface area contributed by atoms with Gasteiger partial charge >= 0.3 is 15.6 Å². The van der Waals surface area contributed by atoms with Gasteiger partial charge in [-0.15, -0.1) is 0 Å². The van der Waals surface area contributed by atoms with Gasteiger partial charge < -0.3 is 18.2 Å². The van der Waals surface area contributed by atoms with Gasteiger partial charge in [0.2, 0.25) is 0 Å². The number of halogens is 3. The zero-order valence-corrected chi connectivity index (χ0v) is 30.3. The Kier molecular flexibility index (Phi) is 11.0. The fraction of sp³-hybridized carbons (Fsp3) is 0.559. The highest BCUT2D eigenvalue weighted by molar-refractivity contribution is 7.88. The van der Waals surface area contributed by atoms with Crippen molar-refractivity contribution >= 4 is 30.0 Å². The van der Waals surface area contributed by atoms with E-state index in [9.17, 15) is 26.4 Å². The number of ether oxygens (including phenoxy) is 1. The maximum atomic E-state index is 14.4. The lowest BCUT2D eigenvalue weighted by Crippen LogP contribution is -2.51. The van der Waals surface area contributed by atoms with Crippen LogP contribution in [0.5, 0.6) is 5.75 Å². The number of carbonyl (C=O) groups is 1. The summed E-state index contributed by atoms with van der Waals surface area (Å²) in [6.45, 7) is 21.0. The Morgan fingerprint density at radius 3 is 2.02 bits per heavy atom. The summed E-state index contributed by atoms with van der Waals surface area (Å²) in [7, 11) is -8.36. The van der Waals surface area contributed by atoms with E-state index in [4.69, 9.17) is 9.16 Å². The zero-order chi connectivity index (χ0) is 34.9. The molecule has 46 heavy (non-hydrogen) atoms. The maximum absolute atomic E-state index is 14.4. The monoisotopic (exact) mass is 683 g/mol. The molecule has 0 saturated heterocycles. The van der Waals surface area contributed by atoms with E-state index in [1.807, 2.05) is 13.8 Å². The lowest BCUT2D eigenvalue weighted by atomic mass is 9.78. The maximum Gasteiger partial charge on any atom is 0.534 e. The average Bonchev–Trinajstić information content (AvgIpc) is 2.91. The van der Waals surface area contributed by atoms with Crippen molar-refractivity contribution in [2.24, 2.45) is 5.41 Å². The molecule has 0 heterocycles. The van der Waals surface area contributed by atoms with E-state index < -0.39 is 47.3 Å². The van der Waals surface area contributed by atoms with Crippen LogP contribution in [-0.4, -0.2) is 46.0 Å². The number of rotatable bonds is 10. The standard InChI is InChI=1S/C34H48F3NO6SSi/c1-31(2,3)33(7,8)42-28-21-20-25(22-29(28)44-46(9,10)32(4,5)6)30(39)38(23-24-16-12-11-13-17-24)26-18-14-15-19-27(26)43-45(40,41)34(35,36)37/h11-19,22,28-29H,20-21,23H2,1-10H3/t28-,29-/m1/s1. The molecule has 2 aromatic rings. The topological polar surface area (TPSA) is 82.1 Å². The van der Waals surface area contributed by atoms with Crippen molar-refractivity contribution in [1.29, 1.82) is 0 Å². The molecule has 2 atom stereocenters. The average molecular weight is 684 g/mol. The van der Waals surface area contributed by atoms with Crippen LogP contribution in [0.3, 0.4) is 0 Å². The van der Waals surface area contributed by atoms with Gasteiger partial charge in [0.15, 0.2) is 14.1 Å². The fourth-order valence-corrected chi connectivity index (χ4v) is 6.18. The smallest absolute Gasteiger partial charge is 0.408 e. The molecule has 2 aromatic carbocycles. The molecule has 3 rings (SSSR count). The van der Waals surface area contributed by atoms with Gasteiger partial charge in [0.1, 0.15) is 0 Å². The molecular formula is C34H48F3NO6SSi. The molecule has 0 unspecified atom stereocenters. The Balaban J connectivity index is 2.12.